The summed E-state index contributed by atoms with van der Waals surface area (Å²) in [5.41, 5.74) is 24.9. The van der Waals surface area contributed by atoms with Crippen molar-refractivity contribution in [2.24, 2.45) is 42.9 Å². The summed E-state index contributed by atoms with van der Waals surface area (Å²) in [6.45, 7) is 3.69. The second kappa shape index (κ2) is 26.0. The Balaban J connectivity index is 0.00000226. The van der Waals surface area contributed by atoms with Crippen LogP contribution in [0.25, 0.3) is 0 Å². The van der Waals surface area contributed by atoms with Crippen LogP contribution < -0.4 is 43.8 Å². The van der Waals surface area contributed by atoms with Gasteiger partial charge in [-0.25, -0.2) is 9.98 Å². The minimum atomic E-state index is -1.08. The maximum atomic E-state index is 8.89. The molecule has 254 valence electrons. The smallest absolute Gasteiger partial charge is 0.299 e. The lowest BCUT2D eigenvalue weighted by molar-refractivity contribution is -0.542. The number of halogens is 2. The fourth-order valence-electron chi connectivity index (χ4n) is 3.55. The van der Waals surface area contributed by atoms with Crippen molar-refractivity contribution in [2.75, 3.05) is 13.1 Å². The number of nitrogens with zero attached hydrogens (tertiary/aromatic N) is 4. The number of nitrogens with two attached hydrogens (primary N) is 6. The molecule has 0 aliphatic heterocycles. The summed E-state index contributed by atoms with van der Waals surface area (Å²) in [6.07, 6.45) is 9.36. The van der Waals surface area contributed by atoms with Gasteiger partial charge in [-0.1, -0.05) is 48.9 Å². The molecule has 0 aliphatic rings. The number of benzene rings is 2. The van der Waals surface area contributed by atoms with E-state index in [-0.39, 0.29) is 11.9 Å². The Hall–Kier alpha value is -4.24. The molecule has 0 atom stereocenters. The number of aliphatic imine (C=N–C) groups is 4. The van der Waals surface area contributed by atoms with Gasteiger partial charge in [-0.3, -0.25) is 10.6 Å². The normalized spacial score (nSPS) is 12.0. The van der Waals surface area contributed by atoms with Gasteiger partial charge in [-0.15, -0.1) is 9.98 Å². The van der Waals surface area contributed by atoms with E-state index in [2.05, 4.69) is 20.0 Å². The van der Waals surface area contributed by atoms with E-state index in [1.165, 1.54) is 25.7 Å². The molecule has 16 heteroatoms. The SMILES string of the molecule is CC(=O)[O-].CC(=O)[O-].NC(=Nc1ccc(Cl)cc1)/N=C(\N)[NH2+]CCCCCCCCCC[NH2+]/C(N)=N/C(N)=Nc1ccc(Cl)cc1. The first-order valence-electron chi connectivity index (χ1n) is 14.7. The first kappa shape index (κ1) is 41.8. The van der Waals surface area contributed by atoms with Crippen molar-refractivity contribution in [3.8, 4) is 0 Å². The van der Waals surface area contributed by atoms with Crippen molar-refractivity contribution in [2.45, 2.75) is 65.2 Å². The Morgan fingerprint density at radius 3 is 1.13 bits per heavy atom. The van der Waals surface area contributed by atoms with Gasteiger partial charge in [-0.05, 0) is 88.1 Å². The summed E-state index contributed by atoms with van der Waals surface area (Å²) in [6, 6.07) is 14.1. The molecule has 2 aromatic carbocycles. The third-order valence-electron chi connectivity index (χ3n) is 5.49. The maximum absolute atomic E-state index is 8.89. The Bertz CT molecular complexity index is 1180. The van der Waals surface area contributed by atoms with Crippen molar-refractivity contribution in [1.82, 2.24) is 0 Å². The highest BCUT2D eigenvalue weighted by Gasteiger charge is 2.02. The van der Waals surface area contributed by atoms with Crippen molar-refractivity contribution >= 4 is 70.4 Å². The van der Waals surface area contributed by atoms with Crippen LogP contribution in [-0.4, -0.2) is 48.9 Å². The molecule has 0 radical (unpaired) electrons. The summed E-state index contributed by atoms with van der Waals surface area (Å²) < 4.78 is 0. The summed E-state index contributed by atoms with van der Waals surface area (Å²) in [5, 5.41) is 22.9. The van der Waals surface area contributed by atoms with E-state index in [1.54, 1.807) is 48.5 Å². The molecular weight excluding hydrogens is 635 g/mol. The van der Waals surface area contributed by atoms with Gasteiger partial charge in [-0.2, -0.15) is 0 Å². The van der Waals surface area contributed by atoms with E-state index in [9.17, 15) is 0 Å². The summed E-state index contributed by atoms with van der Waals surface area (Å²) in [7, 11) is 0. The number of unbranched alkanes of at least 4 members (excludes halogenated alkanes) is 7. The van der Waals surface area contributed by atoms with Crippen LogP contribution in [0.4, 0.5) is 11.4 Å². The van der Waals surface area contributed by atoms with Gasteiger partial charge in [0.1, 0.15) is 0 Å². The number of carboxylic acid groups (broad SMARTS) is 2. The van der Waals surface area contributed by atoms with Crippen LogP contribution in [-0.2, 0) is 9.59 Å². The predicted octanol–water partition coefficient (Wildman–Crippen LogP) is -0.0246. The number of aliphatic carboxylic acids is 2. The Kier molecular flexibility index (Phi) is 23.6. The highest BCUT2D eigenvalue weighted by atomic mass is 35.5. The zero-order chi connectivity index (χ0) is 34.7. The molecule has 2 aromatic rings. The van der Waals surface area contributed by atoms with Crippen LogP contribution in [0.15, 0.2) is 68.5 Å². The third-order valence-corrected chi connectivity index (χ3v) is 6.00. The largest absolute Gasteiger partial charge is 0.550 e. The molecule has 0 saturated heterocycles. The number of carboxylic acids is 2. The van der Waals surface area contributed by atoms with Gasteiger partial charge in [0.15, 0.2) is 0 Å². The van der Waals surface area contributed by atoms with Gasteiger partial charge in [0.25, 0.3) is 11.9 Å². The van der Waals surface area contributed by atoms with Crippen LogP contribution in [0.3, 0.4) is 0 Å². The average Bonchev–Trinajstić information content (AvgIpc) is 2.95. The predicted molar refractivity (Wildman–Crippen MR) is 181 cm³/mol. The molecule has 0 saturated carbocycles. The summed E-state index contributed by atoms with van der Waals surface area (Å²) >= 11 is 11.7. The van der Waals surface area contributed by atoms with Gasteiger partial charge >= 0.3 is 0 Å². The van der Waals surface area contributed by atoms with Crippen molar-refractivity contribution in [3.63, 3.8) is 0 Å². The molecule has 0 spiro atoms. The summed E-state index contributed by atoms with van der Waals surface area (Å²) in [5.74, 6) is -1.14. The van der Waals surface area contributed by atoms with Gasteiger partial charge in [0.2, 0.25) is 11.9 Å². The molecule has 0 unspecified atom stereocenters. The second-order valence-corrected chi connectivity index (χ2v) is 10.6. The Morgan fingerprint density at radius 1 is 0.587 bits per heavy atom. The van der Waals surface area contributed by atoms with Crippen molar-refractivity contribution in [3.05, 3.63) is 58.6 Å². The first-order chi connectivity index (χ1) is 21.8. The highest BCUT2D eigenvalue weighted by Crippen LogP contribution is 2.17. The zero-order valence-corrected chi connectivity index (χ0v) is 27.8. The monoisotopic (exact) mass is 680 g/mol. The maximum Gasteiger partial charge on any atom is 0.299 e. The molecule has 0 amide bonds. The molecule has 2 rings (SSSR count). The van der Waals surface area contributed by atoms with E-state index in [0.717, 1.165) is 52.6 Å². The van der Waals surface area contributed by atoms with Crippen LogP contribution in [0, 0.1) is 0 Å². The average molecular weight is 682 g/mol. The quantitative estimate of drug-likeness (QED) is 0.0947. The summed E-state index contributed by atoms with van der Waals surface area (Å²) in [4.78, 5) is 34.4. The van der Waals surface area contributed by atoms with Crippen LogP contribution >= 0.6 is 23.2 Å². The lowest BCUT2D eigenvalue weighted by Gasteiger charge is -2.03. The number of hydrogen-bond acceptors (Lipinski definition) is 6. The number of quaternary nitrogens is 2. The minimum absolute atomic E-state index is 0.126. The lowest BCUT2D eigenvalue weighted by atomic mass is 10.1. The molecule has 0 bridgehead atoms. The van der Waals surface area contributed by atoms with E-state index in [1.807, 2.05) is 10.6 Å². The van der Waals surface area contributed by atoms with Gasteiger partial charge in [0.05, 0.1) is 24.5 Å². The standard InChI is InChI=1S/C26H38Cl2N10.2C2H4O2/c27-19-9-13-21(14-10-19)35-25(31)37-23(29)33-17-7-5-3-1-2-4-6-8-18-34-24(30)38-26(32)36-22-15-11-20(28)12-16-22;2*1-2(3)4/h9-16H,1-8,17-18H2,(H5,29,31,33,35,37)(H5,30,32,34,36,38);2*1H3,(H,3,4). The molecule has 0 aromatic heterocycles. The number of carbonyl (C=O) groups excluding carboxylic acids is 2. The first-order valence-corrected chi connectivity index (χ1v) is 15.4. The number of rotatable bonds is 13. The lowest BCUT2D eigenvalue weighted by Crippen LogP contribution is -2.90. The van der Waals surface area contributed by atoms with Crippen LogP contribution in [0.5, 0.6) is 0 Å². The van der Waals surface area contributed by atoms with E-state index < -0.39 is 11.9 Å². The van der Waals surface area contributed by atoms with E-state index >= 15 is 0 Å². The molecular formula is C30H46Cl2N10O4. The zero-order valence-electron chi connectivity index (χ0n) is 26.3. The molecule has 14 nitrogen and oxygen atoms in total. The minimum Gasteiger partial charge on any atom is -0.550 e. The topological polar surface area (TPSA) is 267 Å². The van der Waals surface area contributed by atoms with Gasteiger partial charge < -0.3 is 42.7 Å². The number of hydrogen-bond donors (Lipinski definition) is 6. The molecule has 12 N–H and O–H groups in total. The molecule has 0 aliphatic carbocycles. The third kappa shape index (κ3) is 27.3. The fraction of sp³-hybridized carbons (Fsp3) is 0.400. The van der Waals surface area contributed by atoms with Gasteiger partial charge in [0, 0.05) is 22.0 Å². The van der Waals surface area contributed by atoms with E-state index in [4.69, 9.17) is 65.9 Å². The Morgan fingerprint density at radius 2 is 0.848 bits per heavy atom. The van der Waals surface area contributed by atoms with E-state index in [0.29, 0.717) is 33.3 Å². The van der Waals surface area contributed by atoms with Crippen LogP contribution in [0.1, 0.15) is 65.2 Å². The molecule has 0 fully saturated rings. The highest BCUT2D eigenvalue weighted by molar-refractivity contribution is 6.30. The molecule has 0 heterocycles. The molecule has 46 heavy (non-hydrogen) atoms. The number of carbonyl (C=O) groups is 2. The van der Waals surface area contributed by atoms with Crippen molar-refractivity contribution < 1.29 is 30.4 Å². The van der Waals surface area contributed by atoms with Crippen molar-refractivity contribution in [1.29, 1.82) is 0 Å². The number of guanidine groups is 4. The second-order valence-electron chi connectivity index (χ2n) is 9.76. The van der Waals surface area contributed by atoms with Crippen LogP contribution in [0.2, 0.25) is 10.0 Å². The Labute approximate surface area is 280 Å². The fourth-order valence-corrected chi connectivity index (χ4v) is 3.80.